The molecule has 4 rings (SSSR count). The summed E-state index contributed by atoms with van der Waals surface area (Å²) in [7, 11) is 3.87. The highest BCUT2D eigenvalue weighted by atomic mass is 32.2. The first-order chi connectivity index (χ1) is 19.2. The van der Waals surface area contributed by atoms with Gasteiger partial charge in [0.15, 0.2) is 5.82 Å². The number of halogens is 2. The Bertz CT molecular complexity index is 1450. The zero-order chi connectivity index (χ0) is 28.8. The van der Waals surface area contributed by atoms with Crippen molar-refractivity contribution in [3.63, 3.8) is 0 Å². The van der Waals surface area contributed by atoms with Crippen LogP contribution in [0.5, 0.6) is 0 Å². The first-order valence-electron chi connectivity index (χ1n) is 12.5. The Morgan fingerprint density at radius 3 is 2.60 bits per heavy atom. The van der Waals surface area contributed by atoms with Crippen LogP contribution in [0.3, 0.4) is 0 Å². The van der Waals surface area contributed by atoms with Crippen molar-refractivity contribution in [1.29, 1.82) is 0 Å². The normalized spacial score (nSPS) is 12.8. The zero-order valence-electron chi connectivity index (χ0n) is 22.6. The van der Waals surface area contributed by atoms with E-state index in [1.807, 2.05) is 61.7 Å². The Kier molecular flexibility index (Phi) is 9.18. The molecule has 0 spiro atoms. The van der Waals surface area contributed by atoms with Crippen LogP contribution in [0.25, 0.3) is 17.0 Å². The molecule has 1 aliphatic heterocycles. The van der Waals surface area contributed by atoms with E-state index in [2.05, 4.69) is 34.1 Å². The van der Waals surface area contributed by atoms with Crippen molar-refractivity contribution in [2.75, 3.05) is 37.4 Å². The maximum Gasteiger partial charge on any atom is 0.328 e. The number of aromatic nitrogens is 2. The van der Waals surface area contributed by atoms with Crippen LogP contribution in [0.1, 0.15) is 18.1 Å². The molecule has 0 unspecified atom stereocenters. The SMILES string of the molecule is C=C(NC(=C)c1cccc(-c2nc(NCCN(C)C)nc3c2CNC(=O)N3c2c(F)cccc2F)c1)S/C=C\C. The number of likely N-dealkylation sites (N-methyl/N-ethyl adjacent to an activating group) is 1. The van der Waals surface area contributed by atoms with Gasteiger partial charge in [0.1, 0.15) is 17.3 Å². The van der Waals surface area contributed by atoms with E-state index in [1.54, 1.807) is 0 Å². The van der Waals surface area contributed by atoms with Crippen LogP contribution in [0.15, 0.2) is 72.1 Å². The summed E-state index contributed by atoms with van der Waals surface area (Å²) in [5.74, 6) is -1.44. The lowest BCUT2D eigenvalue weighted by atomic mass is 10.0. The highest BCUT2D eigenvalue weighted by Crippen LogP contribution is 2.38. The number of para-hydroxylation sites is 1. The number of urea groups is 1. The second kappa shape index (κ2) is 12.8. The van der Waals surface area contributed by atoms with E-state index in [1.165, 1.54) is 17.8 Å². The van der Waals surface area contributed by atoms with Crippen molar-refractivity contribution >= 4 is 40.9 Å². The minimum absolute atomic E-state index is 0.0777. The minimum Gasteiger partial charge on any atom is -0.353 e. The second-order valence-corrected chi connectivity index (χ2v) is 10.2. The van der Waals surface area contributed by atoms with Gasteiger partial charge in [-0.25, -0.2) is 23.5 Å². The smallest absolute Gasteiger partial charge is 0.328 e. The zero-order valence-corrected chi connectivity index (χ0v) is 23.4. The van der Waals surface area contributed by atoms with Crippen molar-refractivity contribution in [3.8, 4) is 11.3 Å². The molecule has 40 heavy (non-hydrogen) atoms. The molecule has 3 N–H and O–H groups in total. The Hall–Kier alpha value is -4.22. The number of carbonyl (C=O) groups is 1. The van der Waals surface area contributed by atoms with Crippen molar-refractivity contribution in [2.45, 2.75) is 13.5 Å². The molecule has 0 fully saturated rings. The molecule has 2 heterocycles. The quantitative estimate of drug-likeness (QED) is 0.262. The van der Waals surface area contributed by atoms with E-state index < -0.39 is 23.4 Å². The van der Waals surface area contributed by atoms with E-state index >= 15 is 0 Å². The molecule has 0 saturated carbocycles. The minimum atomic E-state index is -0.884. The van der Waals surface area contributed by atoms with Gasteiger partial charge in [0, 0.05) is 29.9 Å². The number of anilines is 3. The molecular formula is C29H31F2N7OS. The van der Waals surface area contributed by atoms with E-state index in [9.17, 15) is 13.6 Å². The van der Waals surface area contributed by atoms with Gasteiger partial charge in [-0.15, -0.1) is 0 Å². The molecule has 0 atom stereocenters. The summed E-state index contributed by atoms with van der Waals surface area (Å²) in [6.45, 7) is 11.4. The van der Waals surface area contributed by atoms with Gasteiger partial charge in [0.2, 0.25) is 5.95 Å². The van der Waals surface area contributed by atoms with Crippen LogP contribution < -0.4 is 20.9 Å². The predicted molar refractivity (Wildman–Crippen MR) is 159 cm³/mol. The summed E-state index contributed by atoms with van der Waals surface area (Å²) in [6.07, 6.45) is 1.92. The summed E-state index contributed by atoms with van der Waals surface area (Å²) in [5.41, 5.74) is 2.67. The number of amides is 2. The lowest BCUT2D eigenvalue weighted by molar-refractivity contribution is 0.246. The molecule has 0 radical (unpaired) electrons. The molecule has 0 aliphatic carbocycles. The van der Waals surface area contributed by atoms with Gasteiger partial charge < -0.3 is 20.9 Å². The lowest BCUT2D eigenvalue weighted by Gasteiger charge is -2.31. The molecule has 1 aliphatic rings. The third-order valence-corrected chi connectivity index (χ3v) is 6.74. The van der Waals surface area contributed by atoms with E-state index in [-0.39, 0.29) is 18.3 Å². The third kappa shape index (κ3) is 6.49. The number of nitrogens with zero attached hydrogens (tertiary/aromatic N) is 4. The van der Waals surface area contributed by atoms with Gasteiger partial charge in [-0.3, -0.25) is 0 Å². The Balaban J connectivity index is 1.81. The van der Waals surface area contributed by atoms with Crippen LogP contribution in [0, 0.1) is 11.6 Å². The molecule has 2 aromatic carbocycles. The average Bonchev–Trinajstić information content (AvgIpc) is 2.92. The van der Waals surface area contributed by atoms with E-state index in [0.29, 0.717) is 40.6 Å². The molecule has 11 heteroatoms. The maximum absolute atomic E-state index is 14.9. The molecule has 0 saturated heterocycles. The summed E-state index contributed by atoms with van der Waals surface area (Å²) >= 11 is 1.44. The average molecular weight is 564 g/mol. The number of carbonyl (C=O) groups excluding carboxylic acids is 1. The maximum atomic E-state index is 14.9. The Morgan fingerprint density at radius 1 is 1.18 bits per heavy atom. The molecule has 3 aromatic rings. The van der Waals surface area contributed by atoms with Crippen LogP contribution in [0.2, 0.25) is 0 Å². The molecule has 8 nitrogen and oxygen atoms in total. The van der Waals surface area contributed by atoms with E-state index in [4.69, 9.17) is 4.98 Å². The van der Waals surface area contributed by atoms with Gasteiger partial charge in [-0.1, -0.05) is 55.3 Å². The monoisotopic (exact) mass is 563 g/mol. The third-order valence-electron chi connectivity index (χ3n) is 5.94. The highest BCUT2D eigenvalue weighted by Gasteiger charge is 2.34. The Labute approximate surface area is 236 Å². The van der Waals surface area contributed by atoms with Crippen molar-refractivity contribution in [3.05, 3.63) is 94.9 Å². The molecular weight excluding hydrogens is 532 g/mol. The summed E-state index contributed by atoms with van der Waals surface area (Å²) in [5, 5.41) is 11.7. The number of hydrogen-bond acceptors (Lipinski definition) is 7. The van der Waals surface area contributed by atoms with Crippen LogP contribution in [-0.2, 0) is 6.54 Å². The number of thioether (sulfide) groups is 1. The van der Waals surface area contributed by atoms with Gasteiger partial charge >= 0.3 is 6.03 Å². The highest BCUT2D eigenvalue weighted by molar-refractivity contribution is 8.05. The van der Waals surface area contributed by atoms with Crippen molar-refractivity contribution < 1.29 is 13.6 Å². The van der Waals surface area contributed by atoms with Gasteiger partial charge in [0.05, 0.1) is 17.3 Å². The fourth-order valence-electron chi connectivity index (χ4n) is 4.05. The molecule has 208 valence electrons. The van der Waals surface area contributed by atoms with Crippen LogP contribution in [0.4, 0.5) is 31.0 Å². The number of allylic oxidation sites excluding steroid dienone is 1. The van der Waals surface area contributed by atoms with E-state index in [0.717, 1.165) is 22.6 Å². The summed E-state index contributed by atoms with van der Waals surface area (Å²) in [4.78, 5) is 25.2. The van der Waals surface area contributed by atoms with Gasteiger partial charge in [-0.05, 0) is 50.2 Å². The first kappa shape index (κ1) is 28.8. The number of hydrogen-bond donors (Lipinski definition) is 3. The van der Waals surface area contributed by atoms with Crippen LogP contribution in [-0.4, -0.2) is 48.1 Å². The molecule has 2 amide bonds. The number of fused-ring (bicyclic) bond motifs is 1. The first-order valence-corrected chi connectivity index (χ1v) is 13.4. The molecule has 0 bridgehead atoms. The largest absolute Gasteiger partial charge is 0.353 e. The Morgan fingerprint density at radius 2 is 1.90 bits per heavy atom. The topological polar surface area (TPSA) is 85.4 Å². The summed E-state index contributed by atoms with van der Waals surface area (Å²) in [6, 6.07) is 10.3. The fourth-order valence-corrected chi connectivity index (χ4v) is 4.54. The number of nitrogens with one attached hydrogen (secondary N) is 3. The fraction of sp³-hybridized carbons (Fsp3) is 0.207. The standard InChI is InChI=1S/C29H31F2N7OS/c1-6-15-40-19(3)34-18(2)20-9-7-10-21(16-20)25-22-17-33-29(39)38(26-23(30)11-8-12-24(26)31)27(22)36-28(35-25)32-13-14-37(4)5/h6-12,15-16,34H,2-3,13-14,17H2,1,4-5H3,(H,33,39)(H,32,35,36)/b15-6-. The second-order valence-electron chi connectivity index (χ2n) is 9.19. The van der Waals surface area contributed by atoms with Gasteiger partial charge in [0.25, 0.3) is 0 Å². The summed E-state index contributed by atoms with van der Waals surface area (Å²) < 4.78 is 29.8. The number of benzene rings is 2. The van der Waals surface area contributed by atoms with Crippen molar-refractivity contribution in [2.24, 2.45) is 0 Å². The predicted octanol–water partition coefficient (Wildman–Crippen LogP) is 6.05. The van der Waals surface area contributed by atoms with Crippen molar-refractivity contribution in [1.82, 2.24) is 25.5 Å². The van der Waals surface area contributed by atoms with Crippen LogP contribution >= 0.6 is 11.8 Å². The molecule has 1 aromatic heterocycles. The number of rotatable bonds is 11. The lowest BCUT2D eigenvalue weighted by Crippen LogP contribution is -2.43. The van der Waals surface area contributed by atoms with Gasteiger partial charge in [-0.2, -0.15) is 4.98 Å².